The van der Waals surface area contributed by atoms with E-state index in [0.29, 0.717) is 47.1 Å². The molecule has 5 rings (SSSR count). The monoisotopic (exact) mass is 619 g/mol. The SMILES string of the molecule is CCOC(=O)N1CCN(S(=O)(=O)c2ccc(C(=O)N(CCCN3CCOCC3)c3nc4ccc(F)cc4s3)cc2)CC1. The van der Waals surface area contributed by atoms with Crippen molar-refractivity contribution in [3.8, 4) is 0 Å². The summed E-state index contributed by atoms with van der Waals surface area (Å²) in [7, 11) is -3.82. The normalized spacial score (nSPS) is 17.0. The number of amides is 2. The second-order valence-electron chi connectivity index (χ2n) is 9.99. The number of ether oxygens (including phenoxy) is 2. The van der Waals surface area contributed by atoms with Gasteiger partial charge in [0, 0.05) is 57.9 Å². The van der Waals surface area contributed by atoms with Gasteiger partial charge in [0.1, 0.15) is 5.82 Å². The molecule has 0 atom stereocenters. The van der Waals surface area contributed by atoms with Gasteiger partial charge in [0.25, 0.3) is 5.91 Å². The number of hydrogen-bond donors (Lipinski definition) is 0. The third-order valence-corrected chi connectivity index (χ3v) is 10.2. The van der Waals surface area contributed by atoms with Crippen LogP contribution in [0.25, 0.3) is 10.2 Å². The Labute approximate surface area is 248 Å². The first-order chi connectivity index (χ1) is 20.3. The molecule has 0 aliphatic carbocycles. The van der Waals surface area contributed by atoms with Crippen LogP contribution in [-0.2, 0) is 19.5 Å². The maximum atomic E-state index is 13.8. The summed E-state index contributed by atoms with van der Waals surface area (Å²) in [5.41, 5.74) is 0.921. The minimum absolute atomic E-state index is 0.0676. The van der Waals surface area contributed by atoms with Gasteiger partial charge in [0.15, 0.2) is 5.13 Å². The predicted molar refractivity (Wildman–Crippen MR) is 157 cm³/mol. The standard InChI is InChI=1S/C28H34FN5O6S2/c1-2-40-28(36)32-12-14-33(15-13-32)42(37,38)23-7-4-21(5-8-23)26(35)34(11-3-10-31-16-18-39-19-17-31)27-30-24-9-6-22(29)20-25(24)41-27/h4-9,20H,2-3,10-19H2,1H3. The number of hydrogen-bond acceptors (Lipinski definition) is 9. The van der Waals surface area contributed by atoms with E-state index in [2.05, 4.69) is 9.88 Å². The Bertz CT molecular complexity index is 1500. The van der Waals surface area contributed by atoms with Crippen LogP contribution in [0, 0.1) is 5.82 Å². The van der Waals surface area contributed by atoms with Crippen molar-refractivity contribution in [3.05, 3.63) is 53.8 Å². The van der Waals surface area contributed by atoms with Crippen molar-refractivity contribution in [2.75, 3.05) is 77.1 Å². The number of rotatable bonds is 9. The van der Waals surface area contributed by atoms with Crippen molar-refractivity contribution >= 4 is 48.7 Å². The van der Waals surface area contributed by atoms with E-state index in [0.717, 1.165) is 19.6 Å². The molecule has 226 valence electrons. The van der Waals surface area contributed by atoms with Crippen molar-refractivity contribution in [3.63, 3.8) is 0 Å². The summed E-state index contributed by atoms with van der Waals surface area (Å²) < 4.78 is 52.8. The fourth-order valence-corrected chi connectivity index (χ4v) is 7.40. The summed E-state index contributed by atoms with van der Waals surface area (Å²) in [6.45, 7) is 6.96. The Morgan fingerprint density at radius 3 is 2.45 bits per heavy atom. The molecule has 2 amide bonds. The van der Waals surface area contributed by atoms with Crippen LogP contribution in [0.5, 0.6) is 0 Å². The molecule has 0 saturated carbocycles. The van der Waals surface area contributed by atoms with Gasteiger partial charge in [-0.1, -0.05) is 11.3 Å². The average molecular weight is 620 g/mol. The largest absolute Gasteiger partial charge is 0.450 e. The number of anilines is 1. The molecule has 11 nitrogen and oxygen atoms in total. The minimum atomic E-state index is -3.82. The van der Waals surface area contributed by atoms with Crippen molar-refractivity contribution in [1.82, 2.24) is 19.1 Å². The van der Waals surface area contributed by atoms with E-state index in [-0.39, 0.29) is 49.4 Å². The first-order valence-corrected chi connectivity index (χ1v) is 16.2. The summed E-state index contributed by atoms with van der Waals surface area (Å²) in [5.74, 6) is -0.689. The summed E-state index contributed by atoms with van der Waals surface area (Å²) >= 11 is 1.24. The number of halogens is 1. The lowest BCUT2D eigenvalue weighted by Gasteiger charge is -2.33. The van der Waals surface area contributed by atoms with Crippen LogP contribution in [0.2, 0.25) is 0 Å². The van der Waals surface area contributed by atoms with Crippen LogP contribution in [-0.4, -0.2) is 112 Å². The molecule has 1 aromatic heterocycles. The fourth-order valence-electron chi connectivity index (χ4n) is 4.96. The summed E-state index contributed by atoms with van der Waals surface area (Å²) in [6.07, 6.45) is 0.241. The van der Waals surface area contributed by atoms with Gasteiger partial charge in [0.05, 0.1) is 34.9 Å². The van der Waals surface area contributed by atoms with Crippen molar-refractivity contribution in [2.24, 2.45) is 0 Å². The number of carbonyl (C=O) groups excluding carboxylic acids is 2. The van der Waals surface area contributed by atoms with E-state index < -0.39 is 16.1 Å². The van der Waals surface area contributed by atoms with E-state index in [1.807, 2.05) is 0 Å². The third-order valence-electron chi connectivity index (χ3n) is 7.28. The molecular formula is C28H34FN5O6S2. The molecule has 3 heterocycles. The number of carbonyl (C=O) groups is 2. The maximum absolute atomic E-state index is 13.8. The topological polar surface area (TPSA) is 113 Å². The van der Waals surface area contributed by atoms with Crippen molar-refractivity contribution in [1.29, 1.82) is 0 Å². The van der Waals surface area contributed by atoms with Gasteiger partial charge >= 0.3 is 6.09 Å². The average Bonchev–Trinajstić information content (AvgIpc) is 3.42. The lowest BCUT2D eigenvalue weighted by atomic mass is 10.2. The molecule has 0 unspecified atom stereocenters. The van der Waals surface area contributed by atoms with Crippen LogP contribution in [0.3, 0.4) is 0 Å². The Kier molecular flexibility index (Phi) is 9.68. The molecule has 2 aromatic carbocycles. The Morgan fingerprint density at radius 2 is 1.76 bits per heavy atom. The van der Waals surface area contributed by atoms with E-state index >= 15 is 0 Å². The minimum Gasteiger partial charge on any atom is -0.450 e. The van der Waals surface area contributed by atoms with E-state index in [1.165, 1.54) is 56.9 Å². The van der Waals surface area contributed by atoms with Crippen LogP contribution in [0.4, 0.5) is 14.3 Å². The molecule has 0 spiro atoms. The highest BCUT2D eigenvalue weighted by molar-refractivity contribution is 7.89. The number of piperazine rings is 1. The molecule has 14 heteroatoms. The molecule has 42 heavy (non-hydrogen) atoms. The number of morpholine rings is 1. The molecule has 3 aromatic rings. The zero-order valence-corrected chi connectivity index (χ0v) is 25.0. The second-order valence-corrected chi connectivity index (χ2v) is 12.9. The van der Waals surface area contributed by atoms with Crippen LogP contribution in [0.1, 0.15) is 23.7 Å². The van der Waals surface area contributed by atoms with E-state index in [9.17, 15) is 22.4 Å². The molecule has 2 aliphatic heterocycles. The van der Waals surface area contributed by atoms with Gasteiger partial charge in [-0.3, -0.25) is 14.6 Å². The van der Waals surface area contributed by atoms with Crippen molar-refractivity contribution in [2.45, 2.75) is 18.2 Å². The smallest absolute Gasteiger partial charge is 0.409 e. The molecule has 2 aliphatic rings. The van der Waals surface area contributed by atoms with E-state index in [4.69, 9.17) is 9.47 Å². The Hall–Kier alpha value is -3.17. The van der Waals surface area contributed by atoms with Gasteiger partial charge in [0.2, 0.25) is 10.0 Å². The lowest BCUT2D eigenvalue weighted by molar-refractivity contribution is 0.0376. The van der Waals surface area contributed by atoms with Gasteiger partial charge in [-0.15, -0.1) is 0 Å². The van der Waals surface area contributed by atoms with Crippen LogP contribution < -0.4 is 4.90 Å². The second kappa shape index (κ2) is 13.4. The first-order valence-electron chi connectivity index (χ1n) is 14.0. The quantitative estimate of drug-likeness (QED) is 0.359. The molecule has 0 N–H and O–H groups in total. The van der Waals surface area contributed by atoms with Crippen molar-refractivity contribution < 1.29 is 31.9 Å². The highest BCUT2D eigenvalue weighted by Crippen LogP contribution is 2.31. The number of nitrogens with zero attached hydrogens (tertiary/aromatic N) is 5. The molecular weight excluding hydrogens is 585 g/mol. The molecule has 0 bridgehead atoms. The summed E-state index contributed by atoms with van der Waals surface area (Å²) in [4.78, 5) is 35.8. The highest BCUT2D eigenvalue weighted by atomic mass is 32.2. The number of benzene rings is 2. The molecule has 0 radical (unpaired) electrons. The lowest BCUT2D eigenvalue weighted by Crippen LogP contribution is -2.50. The number of thiazole rings is 1. The van der Waals surface area contributed by atoms with Crippen LogP contribution >= 0.6 is 11.3 Å². The summed E-state index contributed by atoms with van der Waals surface area (Å²) in [6, 6.07) is 10.2. The predicted octanol–water partition coefficient (Wildman–Crippen LogP) is 3.27. The van der Waals surface area contributed by atoms with Crippen LogP contribution in [0.15, 0.2) is 47.4 Å². The zero-order chi connectivity index (χ0) is 29.7. The molecule has 2 saturated heterocycles. The van der Waals surface area contributed by atoms with Gasteiger partial charge in [-0.05, 0) is 55.8 Å². The molecule has 2 fully saturated rings. The Morgan fingerprint density at radius 1 is 1.05 bits per heavy atom. The third kappa shape index (κ3) is 6.89. The zero-order valence-electron chi connectivity index (χ0n) is 23.4. The number of sulfonamides is 1. The highest BCUT2D eigenvalue weighted by Gasteiger charge is 2.31. The fraction of sp³-hybridized carbons (Fsp3) is 0.464. The van der Waals surface area contributed by atoms with E-state index in [1.54, 1.807) is 17.9 Å². The number of fused-ring (bicyclic) bond motifs is 1. The Balaban J connectivity index is 1.31. The van der Waals surface area contributed by atoms with Gasteiger partial charge in [-0.2, -0.15) is 4.31 Å². The van der Waals surface area contributed by atoms with Gasteiger partial charge in [-0.25, -0.2) is 22.6 Å². The van der Waals surface area contributed by atoms with Gasteiger partial charge < -0.3 is 14.4 Å². The maximum Gasteiger partial charge on any atom is 0.409 e. The number of aromatic nitrogens is 1. The summed E-state index contributed by atoms with van der Waals surface area (Å²) in [5, 5.41) is 0.457. The first kappa shape index (κ1) is 30.3.